The molecule has 0 fully saturated rings. The van der Waals surface area contributed by atoms with Crippen LogP contribution in [0, 0.1) is 10.1 Å². The number of pyridine rings is 1. The van der Waals surface area contributed by atoms with Crippen molar-refractivity contribution in [2.45, 2.75) is 12.8 Å². The molecule has 1 aromatic heterocycles. The number of hydrogen-bond acceptors (Lipinski definition) is 5. The van der Waals surface area contributed by atoms with Gasteiger partial charge in [0.1, 0.15) is 0 Å². The maximum absolute atomic E-state index is 10.8. The number of anilines is 1. The van der Waals surface area contributed by atoms with Gasteiger partial charge in [-0.15, -0.1) is 0 Å². The van der Waals surface area contributed by atoms with E-state index in [2.05, 4.69) is 32.5 Å². The SMILES string of the molecule is CSCCCCNc1ncc(Br)cc1[N+](=O)[O-]. The highest BCUT2D eigenvalue weighted by Gasteiger charge is 2.14. The van der Waals surface area contributed by atoms with Crippen molar-refractivity contribution in [2.75, 3.05) is 23.9 Å². The van der Waals surface area contributed by atoms with Gasteiger partial charge < -0.3 is 5.32 Å². The molecule has 0 radical (unpaired) electrons. The topological polar surface area (TPSA) is 68.1 Å². The number of nitro groups is 1. The maximum atomic E-state index is 10.8. The van der Waals surface area contributed by atoms with Gasteiger partial charge in [0.25, 0.3) is 0 Å². The predicted octanol–water partition coefficient (Wildman–Crippen LogP) is 3.31. The van der Waals surface area contributed by atoms with Crippen LogP contribution >= 0.6 is 27.7 Å². The summed E-state index contributed by atoms with van der Waals surface area (Å²) in [5.41, 5.74) is 0.00393. The number of halogens is 1. The maximum Gasteiger partial charge on any atom is 0.312 e. The Balaban J connectivity index is 2.55. The molecule has 0 aromatic carbocycles. The molecule has 94 valence electrons. The normalized spacial score (nSPS) is 10.2. The third-order valence-electron chi connectivity index (χ3n) is 2.10. The largest absolute Gasteiger partial charge is 0.364 e. The van der Waals surface area contributed by atoms with E-state index < -0.39 is 4.92 Å². The first-order valence-electron chi connectivity index (χ1n) is 5.18. The molecule has 0 aliphatic heterocycles. The molecule has 0 saturated carbocycles. The molecule has 7 heteroatoms. The second-order valence-corrected chi connectivity index (χ2v) is 5.31. The lowest BCUT2D eigenvalue weighted by Crippen LogP contribution is -2.06. The Labute approximate surface area is 113 Å². The van der Waals surface area contributed by atoms with Crippen LogP contribution in [0.5, 0.6) is 0 Å². The summed E-state index contributed by atoms with van der Waals surface area (Å²) in [5.74, 6) is 1.44. The van der Waals surface area contributed by atoms with Crippen molar-refractivity contribution in [1.82, 2.24) is 4.98 Å². The number of aromatic nitrogens is 1. The molecule has 5 nitrogen and oxygen atoms in total. The van der Waals surface area contributed by atoms with E-state index in [1.165, 1.54) is 6.07 Å². The molecule has 0 atom stereocenters. The summed E-state index contributed by atoms with van der Waals surface area (Å²) < 4.78 is 0.608. The molecule has 0 aliphatic rings. The van der Waals surface area contributed by atoms with Gasteiger partial charge in [0, 0.05) is 23.3 Å². The van der Waals surface area contributed by atoms with Gasteiger partial charge in [-0.25, -0.2) is 4.98 Å². The zero-order valence-electron chi connectivity index (χ0n) is 9.48. The lowest BCUT2D eigenvalue weighted by atomic mass is 10.3. The minimum Gasteiger partial charge on any atom is -0.364 e. The molecule has 17 heavy (non-hydrogen) atoms. The molecule has 0 aliphatic carbocycles. The number of nitrogens with zero attached hydrogens (tertiary/aromatic N) is 2. The van der Waals surface area contributed by atoms with Crippen LogP contribution in [-0.4, -0.2) is 28.5 Å². The van der Waals surface area contributed by atoms with Crippen LogP contribution in [0.15, 0.2) is 16.7 Å². The number of unbranched alkanes of at least 4 members (excludes halogenated alkanes) is 1. The van der Waals surface area contributed by atoms with Gasteiger partial charge in [-0.2, -0.15) is 11.8 Å². The second-order valence-electron chi connectivity index (χ2n) is 3.41. The van der Waals surface area contributed by atoms with E-state index in [0.29, 0.717) is 16.8 Å². The number of thioether (sulfide) groups is 1. The van der Waals surface area contributed by atoms with Gasteiger partial charge in [0.2, 0.25) is 5.82 Å². The van der Waals surface area contributed by atoms with Gasteiger partial charge >= 0.3 is 5.69 Å². The molecule has 1 aromatic rings. The molecule has 0 amide bonds. The first-order chi connectivity index (χ1) is 8.15. The Hall–Kier alpha value is -0.820. The molecular formula is C10H14BrN3O2S. The third kappa shape index (κ3) is 4.91. The van der Waals surface area contributed by atoms with Crippen LogP contribution < -0.4 is 5.32 Å². The van der Waals surface area contributed by atoms with Gasteiger partial charge in [-0.3, -0.25) is 10.1 Å². The molecule has 1 heterocycles. The Bertz CT molecular complexity index is 390. The number of rotatable bonds is 7. The average molecular weight is 320 g/mol. The second kappa shape index (κ2) is 7.50. The highest BCUT2D eigenvalue weighted by molar-refractivity contribution is 9.10. The molecule has 0 bridgehead atoms. The summed E-state index contributed by atoms with van der Waals surface area (Å²) in [6.07, 6.45) is 5.69. The monoisotopic (exact) mass is 319 g/mol. The van der Waals surface area contributed by atoms with Crippen molar-refractivity contribution in [3.05, 3.63) is 26.9 Å². The minimum absolute atomic E-state index is 0.00393. The molecular weight excluding hydrogens is 306 g/mol. The van der Waals surface area contributed by atoms with Crippen LogP contribution in [0.25, 0.3) is 0 Å². The Morgan fingerprint density at radius 3 is 3.00 bits per heavy atom. The molecule has 1 N–H and O–H groups in total. The summed E-state index contributed by atoms with van der Waals surface area (Å²) in [6.45, 7) is 0.704. The van der Waals surface area contributed by atoms with Gasteiger partial charge in [0.15, 0.2) is 0 Å². The molecule has 0 saturated heterocycles. The fourth-order valence-electron chi connectivity index (χ4n) is 1.28. The van der Waals surface area contributed by atoms with Crippen molar-refractivity contribution >= 4 is 39.2 Å². The van der Waals surface area contributed by atoms with E-state index in [4.69, 9.17) is 0 Å². The van der Waals surface area contributed by atoms with Crippen LogP contribution in [0.1, 0.15) is 12.8 Å². The first kappa shape index (κ1) is 14.2. The van der Waals surface area contributed by atoms with Crippen molar-refractivity contribution in [3.63, 3.8) is 0 Å². The third-order valence-corrected chi connectivity index (χ3v) is 3.23. The average Bonchev–Trinajstić information content (AvgIpc) is 2.30. The molecule has 0 spiro atoms. The summed E-state index contributed by atoms with van der Waals surface area (Å²) in [4.78, 5) is 14.4. The number of nitrogens with one attached hydrogen (secondary N) is 1. The van der Waals surface area contributed by atoms with E-state index in [0.717, 1.165) is 18.6 Å². The van der Waals surface area contributed by atoms with E-state index >= 15 is 0 Å². The lowest BCUT2D eigenvalue weighted by molar-refractivity contribution is -0.384. The summed E-state index contributed by atoms with van der Waals surface area (Å²) >= 11 is 4.97. The van der Waals surface area contributed by atoms with Gasteiger partial charge in [-0.05, 0) is 40.8 Å². The fourth-order valence-corrected chi connectivity index (χ4v) is 2.09. The molecule has 1 rings (SSSR count). The first-order valence-corrected chi connectivity index (χ1v) is 7.36. The van der Waals surface area contributed by atoms with Gasteiger partial charge in [0.05, 0.1) is 4.92 Å². The van der Waals surface area contributed by atoms with E-state index in [9.17, 15) is 10.1 Å². The van der Waals surface area contributed by atoms with Crippen molar-refractivity contribution in [3.8, 4) is 0 Å². The predicted molar refractivity (Wildman–Crippen MR) is 74.7 cm³/mol. The number of hydrogen-bond donors (Lipinski definition) is 1. The van der Waals surface area contributed by atoms with Crippen molar-refractivity contribution < 1.29 is 4.92 Å². The Kier molecular flexibility index (Phi) is 6.28. The van der Waals surface area contributed by atoms with Crippen molar-refractivity contribution in [1.29, 1.82) is 0 Å². The standard InChI is InChI=1S/C10H14BrN3O2S/c1-17-5-3-2-4-12-10-9(14(15)16)6-8(11)7-13-10/h6-7H,2-5H2,1H3,(H,12,13). The zero-order valence-corrected chi connectivity index (χ0v) is 11.9. The fraction of sp³-hybridized carbons (Fsp3) is 0.500. The Morgan fingerprint density at radius 2 is 2.35 bits per heavy atom. The quantitative estimate of drug-likeness (QED) is 0.474. The van der Waals surface area contributed by atoms with E-state index in [1.54, 1.807) is 18.0 Å². The highest BCUT2D eigenvalue weighted by atomic mass is 79.9. The Morgan fingerprint density at radius 1 is 1.59 bits per heavy atom. The van der Waals surface area contributed by atoms with Crippen LogP contribution in [0.2, 0.25) is 0 Å². The summed E-state index contributed by atoms with van der Waals surface area (Å²) in [5, 5.41) is 13.8. The van der Waals surface area contributed by atoms with Crippen molar-refractivity contribution in [2.24, 2.45) is 0 Å². The summed E-state index contributed by atoms with van der Waals surface area (Å²) in [6, 6.07) is 1.46. The van der Waals surface area contributed by atoms with Gasteiger partial charge in [-0.1, -0.05) is 0 Å². The van der Waals surface area contributed by atoms with E-state index in [-0.39, 0.29) is 5.69 Å². The van der Waals surface area contributed by atoms with E-state index in [1.807, 2.05) is 0 Å². The zero-order chi connectivity index (χ0) is 12.7. The van der Waals surface area contributed by atoms with Crippen LogP contribution in [0.3, 0.4) is 0 Å². The van der Waals surface area contributed by atoms with Crippen LogP contribution in [-0.2, 0) is 0 Å². The summed E-state index contributed by atoms with van der Waals surface area (Å²) in [7, 11) is 0. The lowest BCUT2D eigenvalue weighted by Gasteiger charge is -2.05. The molecule has 0 unspecified atom stereocenters. The smallest absolute Gasteiger partial charge is 0.312 e. The minimum atomic E-state index is -0.429. The highest BCUT2D eigenvalue weighted by Crippen LogP contribution is 2.25. The van der Waals surface area contributed by atoms with Crippen LogP contribution in [0.4, 0.5) is 11.5 Å².